The van der Waals surface area contributed by atoms with E-state index in [2.05, 4.69) is 118 Å². The zero-order chi connectivity index (χ0) is 36.9. The van der Waals surface area contributed by atoms with E-state index >= 15 is 0 Å². The van der Waals surface area contributed by atoms with E-state index in [9.17, 15) is 14.4 Å². The highest BCUT2D eigenvalue weighted by Crippen LogP contribution is 2.42. The van der Waals surface area contributed by atoms with Gasteiger partial charge < -0.3 is 24.8 Å². The van der Waals surface area contributed by atoms with Crippen LogP contribution < -0.4 is 10.6 Å². The molecule has 48 heavy (non-hydrogen) atoms. The van der Waals surface area contributed by atoms with Gasteiger partial charge in [-0.25, -0.2) is 4.31 Å². The number of piperidine rings is 3. The van der Waals surface area contributed by atoms with Crippen molar-refractivity contribution in [2.45, 2.75) is 200 Å². The molecule has 1 saturated carbocycles. The average molecular weight is 698 g/mol. The largest absolute Gasteiger partial charge is 0.469 e. The van der Waals surface area contributed by atoms with Crippen molar-refractivity contribution in [3.05, 3.63) is 0 Å². The van der Waals surface area contributed by atoms with Gasteiger partial charge in [0, 0.05) is 58.9 Å². The third-order valence-corrected chi connectivity index (χ3v) is 11.7. The number of esters is 2. The van der Waals surface area contributed by atoms with E-state index in [1.165, 1.54) is 26.4 Å². The summed E-state index contributed by atoms with van der Waals surface area (Å²) in [5, 5.41) is 7.16. The number of nitrogens with zero attached hydrogens (tertiary/aromatic N) is 1. The highest BCUT2D eigenvalue weighted by molar-refractivity contribution is 7.77. The molecule has 2 N–H and O–H groups in total. The van der Waals surface area contributed by atoms with Crippen LogP contribution in [0.25, 0.3) is 0 Å². The molecule has 3 saturated heterocycles. The molecule has 0 radical (unpaired) electrons. The summed E-state index contributed by atoms with van der Waals surface area (Å²) in [6, 6.07) is 0. The van der Waals surface area contributed by atoms with Crippen LogP contribution in [0.5, 0.6) is 0 Å². The molecule has 3 unspecified atom stereocenters. The SMILES string of the molecule is CC1(C)CC(OC=O)CC(C)(C)N1.CC1(C)CCCC(C)(C)N1.COC(=O)C1CC(C(=O)OC2CC(C)(C)N(S)C(C)(C)C2)CCC1C. The van der Waals surface area contributed by atoms with Crippen LogP contribution in [0, 0.1) is 17.8 Å². The number of hydrogen-bond acceptors (Lipinski definition) is 10. The molecular formula is C38H71N3O6S. The summed E-state index contributed by atoms with van der Waals surface area (Å²) in [5.74, 6) is -0.536. The lowest BCUT2D eigenvalue weighted by atomic mass is 9.74. The molecule has 0 amide bonds. The molecule has 0 aromatic heterocycles. The molecule has 3 atom stereocenters. The molecule has 3 heterocycles. The van der Waals surface area contributed by atoms with Crippen molar-refractivity contribution in [1.29, 1.82) is 0 Å². The number of carbonyl (C=O) groups is 3. The first-order valence-electron chi connectivity index (χ1n) is 18.2. The Morgan fingerprint density at radius 2 is 1.21 bits per heavy atom. The lowest BCUT2D eigenvalue weighted by molar-refractivity contribution is -0.164. The molecule has 0 aromatic rings. The topological polar surface area (TPSA) is 106 Å². The van der Waals surface area contributed by atoms with Gasteiger partial charge in [0.05, 0.1) is 18.9 Å². The highest BCUT2D eigenvalue weighted by Gasteiger charge is 2.46. The van der Waals surface area contributed by atoms with Gasteiger partial charge in [0.2, 0.25) is 0 Å². The summed E-state index contributed by atoms with van der Waals surface area (Å²) in [4.78, 5) is 34.9. The van der Waals surface area contributed by atoms with Crippen molar-refractivity contribution in [2.24, 2.45) is 17.8 Å². The minimum Gasteiger partial charge on any atom is -0.469 e. The minimum atomic E-state index is -0.212. The minimum absolute atomic E-state index is 0.0510. The van der Waals surface area contributed by atoms with E-state index in [1.54, 1.807) is 0 Å². The van der Waals surface area contributed by atoms with Crippen molar-refractivity contribution in [3.8, 4) is 0 Å². The van der Waals surface area contributed by atoms with Crippen LogP contribution in [0.2, 0.25) is 0 Å². The van der Waals surface area contributed by atoms with Crippen LogP contribution in [-0.2, 0) is 28.6 Å². The first-order valence-corrected chi connectivity index (χ1v) is 18.6. The maximum Gasteiger partial charge on any atom is 0.309 e. The summed E-state index contributed by atoms with van der Waals surface area (Å²) >= 11 is 4.65. The average Bonchev–Trinajstić information content (AvgIpc) is 2.89. The van der Waals surface area contributed by atoms with Crippen molar-refractivity contribution >= 4 is 31.2 Å². The molecule has 10 heteroatoms. The smallest absolute Gasteiger partial charge is 0.309 e. The fraction of sp³-hybridized carbons (Fsp3) is 0.921. The third kappa shape index (κ3) is 13.1. The van der Waals surface area contributed by atoms with Crippen molar-refractivity contribution in [1.82, 2.24) is 14.9 Å². The first-order chi connectivity index (χ1) is 21.7. The molecule has 0 bridgehead atoms. The summed E-state index contributed by atoms with van der Waals surface area (Å²) in [5.41, 5.74) is 0.533. The van der Waals surface area contributed by atoms with Gasteiger partial charge in [0.15, 0.2) is 0 Å². The van der Waals surface area contributed by atoms with E-state index in [-0.39, 0.29) is 64.1 Å². The van der Waals surface area contributed by atoms with E-state index < -0.39 is 0 Å². The first kappa shape index (κ1) is 42.8. The Bertz CT molecular complexity index is 1040. The highest BCUT2D eigenvalue weighted by atomic mass is 32.1. The summed E-state index contributed by atoms with van der Waals surface area (Å²) in [7, 11) is 1.41. The second kappa shape index (κ2) is 16.3. The van der Waals surface area contributed by atoms with E-state index in [4.69, 9.17) is 14.2 Å². The Kier molecular flexibility index (Phi) is 14.6. The van der Waals surface area contributed by atoms with Crippen molar-refractivity contribution in [2.75, 3.05) is 7.11 Å². The number of ether oxygens (including phenoxy) is 3. The van der Waals surface area contributed by atoms with Gasteiger partial charge >= 0.3 is 11.9 Å². The number of thiol groups is 1. The third-order valence-electron chi connectivity index (χ3n) is 10.6. The van der Waals surface area contributed by atoms with Gasteiger partial charge in [-0.05, 0) is 128 Å². The summed E-state index contributed by atoms with van der Waals surface area (Å²) in [6.45, 7) is 28.8. The Labute approximate surface area is 298 Å². The molecular weight excluding hydrogens is 627 g/mol. The van der Waals surface area contributed by atoms with Crippen molar-refractivity contribution < 1.29 is 28.6 Å². The fourth-order valence-electron chi connectivity index (χ4n) is 8.96. The van der Waals surface area contributed by atoms with Crippen LogP contribution in [0.1, 0.15) is 154 Å². The number of nitrogens with one attached hydrogen (secondary N) is 2. The van der Waals surface area contributed by atoms with Gasteiger partial charge in [0.1, 0.15) is 12.2 Å². The summed E-state index contributed by atoms with van der Waals surface area (Å²) < 4.78 is 17.9. The van der Waals surface area contributed by atoms with E-state index in [0.29, 0.717) is 24.0 Å². The van der Waals surface area contributed by atoms with Gasteiger partial charge in [-0.3, -0.25) is 14.4 Å². The monoisotopic (exact) mass is 698 g/mol. The maximum atomic E-state index is 12.7. The van der Waals surface area contributed by atoms with Crippen LogP contribution in [0.4, 0.5) is 0 Å². The summed E-state index contributed by atoms with van der Waals surface area (Å²) in [6.07, 6.45) is 9.40. The second-order valence-electron chi connectivity index (χ2n) is 18.9. The van der Waals surface area contributed by atoms with Gasteiger partial charge in [-0.2, -0.15) is 0 Å². The molecule has 1 aliphatic carbocycles. The Hall–Kier alpha value is -1.36. The molecule has 4 fully saturated rings. The maximum absolute atomic E-state index is 12.7. The Morgan fingerprint density at radius 1 is 0.729 bits per heavy atom. The molecule has 4 aliphatic rings. The number of hydrogen-bond donors (Lipinski definition) is 3. The predicted octanol–water partition coefficient (Wildman–Crippen LogP) is 7.41. The molecule has 3 aliphatic heterocycles. The fourth-order valence-corrected chi connectivity index (χ4v) is 9.12. The molecule has 9 nitrogen and oxygen atoms in total. The quantitative estimate of drug-likeness (QED) is 0.117. The van der Waals surface area contributed by atoms with E-state index in [0.717, 1.165) is 38.5 Å². The number of methoxy groups -OCH3 is 1. The molecule has 280 valence electrons. The van der Waals surface area contributed by atoms with Crippen LogP contribution in [0.15, 0.2) is 0 Å². The van der Waals surface area contributed by atoms with E-state index in [1.807, 2.05) is 0 Å². The zero-order valence-corrected chi connectivity index (χ0v) is 33.8. The standard InChI is InChI=1S/C19H33NO4S.C10H19NO2.C9H19N/c1-12-7-8-13(9-15(12)17(22)23-6)16(21)24-14-10-18(2,3)20(25)19(4,5)11-14;1-9(2)5-8(13-7-12)6-10(3,4)11-9;1-8(2)6-5-7-9(3,4)10-8/h12-15,25H,7-11H2,1-6H3;7-8,11H,5-6H2,1-4H3;10H,5-7H2,1-4H3. The lowest BCUT2D eigenvalue weighted by Gasteiger charge is -2.52. The normalized spacial score (nSPS) is 30.6. The van der Waals surface area contributed by atoms with Gasteiger partial charge in [-0.15, -0.1) is 0 Å². The predicted molar refractivity (Wildman–Crippen MR) is 197 cm³/mol. The number of rotatable bonds is 5. The molecule has 4 rings (SSSR count). The molecule has 0 spiro atoms. The zero-order valence-electron chi connectivity index (χ0n) is 32.9. The van der Waals surface area contributed by atoms with Crippen LogP contribution in [-0.4, -0.2) is 75.3 Å². The van der Waals surface area contributed by atoms with Crippen molar-refractivity contribution in [3.63, 3.8) is 0 Å². The van der Waals surface area contributed by atoms with Gasteiger partial charge in [0.25, 0.3) is 6.47 Å². The van der Waals surface area contributed by atoms with Gasteiger partial charge in [-0.1, -0.05) is 19.7 Å². The Morgan fingerprint density at radius 3 is 1.62 bits per heavy atom. The lowest BCUT2D eigenvalue weighted by Crippen LogP contribution is -2.59. The second-order valence-corrected chi connectivity index (χ2v) is 19.3. The van der Waals surface area contributed by atoms with Crippen LogP contribution >= 0.6 is 12.8 Å². The Balaban J connectivity index is 0.000000288. The molecule has 0 aromatic carbocycles. The van der Waals surface area contributed by atoms with Crippen LogP contribution in [0.3, 0.4) is 0 Å². The number of carbonyl (C=O) groups excluding carboxylic acids is 3.